The fraction of sp³-hybridized carbons (Fsp3) is 0.391. The molecular weight excluding hydrogens is 412 g/mol. The van der Waals surface area contributed by atoms with E-state index in [0.29, 0.717) is 30.3 Å². The van der Waals surface area contributed by atoms with E-state index < -0.39 is 0 Å². The maximum absolute atomic E-state index is 12.4. The molecule has 2 aromatic rings. The Balaban J connectivity index is 1.47. The summed E-state index contributed by atoms with van der Waals surface area (Å²) in [5.41, 5.74) is 8.09. The van der Waals surface area contributed by atoms with Crippen LogP contribution in [0, 0.1) is 5.92 Å². The first-order valence-electron chi connectivity index (χ1n) is 10.5. The number of nitrogens with zero attached hydrogens (tertiary/aromatic N) is 1. The van der Waals surface area contributed by atoms with Gasteiger partial charge in [0.1, 0.15) is 0 Å². The van der Waals surface area contributed by atoms with Crippen LogP contribution >= 0.6 is 11.8 Å². The lowest BCUT2D eigenvalue weighted by Gasteiger charge is -2.33. The molecule has 0 saturated carbocycles. The average Bonchev–Trinajstić information content (AvgIpc) is 2.79. The van der Waals surface area contributed by atoms with Gasteiger partial charge in [0.15, 0.2) is 0 Å². The third kappa shape index (κ3) is 7.18. The molecule has 0 unspecified atom stereocenters. The van der Waals surface area contributed by atoms with Crippen LogP contribution in [0.3, 0.4) is 0 Å². The van der Waals surface area contributed by atoms with Crippen LogP contribution in [0.15, 0.2) is 53.4 Å². The fourth-order valence-electron chi connectivity index (χ4n) is 3.50. The predicted molar refractivity (Wildman–Crippen MR) is 125 cm³/mol. The van der Waals surface area contributed by atoms with E-state index in [4.69, 9.17) is 5.73 Å². The highest BCUT2D eigenvalue weighted by Gasteiger charge is 2.18. The third-order valence-electron chi connectivity index (χ3n) is 5.37. The Labute approximate surface area is 187 Å². The molecule has 0 radical (unpaired) electrons. The number of urea groups is 1. The van der Waals surface area contributed by atoms with Crippen LogP contribution < -0.4 is 21.3 Å². The minimum atomic E-state index is -0.337. The molecule has 0 aliphatic carbocycles. The van der Waals surface area contributed by atoms with Gasteiger partial charge >= 0.3 is 6.03 Å². The zero-order valence-electron chi connectivity index (χ0n) is 17.5. The van der Waals surface area contributed by atoms with Crippen LogP contribution in [0.4, 0.5) is 16.2 Å². The molecule has 0 spiro atoms. The summed E-state index contributed by atoms with van der Waals surface area (Å²) in [5.74, 6) is 0.654. The third-order valence-corrected chi connectivity index (χ3v) is 6.44. The maximum atomic E-state index is 12.4. The Morgan fingerprint density at radius 2 is 1.81 bits per heavy atom. The Hall–Kier alpha value is -2.71. The quantitative estimate of drug-likeness (QED) is 0.446. The standard InChI is InChI=1S/C23H30N4O3S/c24-22(29)11-14-31-21-4-2-1-3-20(21)26-23(30)25-15-17-5-7-19(8-6-17)27-12-9-18(16-28)10-13-27/h1-8,18,28H,9-16H2,(H2,24,29)(H2,25,26,30). The molecule has 31 heavy (non-hydrogen) atoms. The number of amides is 3. The van der Waals surface area contributed by atoms with Gasteiger partial charge in [0.05, 0.1) is 5.69 Å². The molecule has 0 bridgehead atoms. The molecule has 7 nitrogen and oxygen atoms in total. The summed E-state index contributed by atoms with van der Waals surface area (Å²) >= 11 is 1.49. The smallest absolute Gasteiger partial charge is 0.319 e. The molecule has 1 aliphatic heterocycles. The number of anilines is 2. The van der Waals surface area contributed by atoms with Gasteiger partial charge in [-0.15, -0.1) is 11.8 Å². The van der Waals surface area contributed by atoms with Gasteiger partial charge in [-0.1, -0.05) is 24.3 Å². The van der Waals surface area contributed by atoms with E-state index in [0.717, 1.165) is 36.4 Å². The molecule has 1 heterocycles. The van der Waals surface area contributed by atoms with Gasteiger partial charge in [-0.25, -0.2) is 4.79 Å². The minimum absolute atomic E-state index is 0.275. The van der Waals surface area contributed by atoms with Crippen LogP contribution in [0.5, 0.6) is 0 Å². The lowest BCUT2D eigenvalue weighted by Crippen LogP contribution is -2.34. The number of carbonyl (C=O) groups excluding carboxylic acids is 2. The SMILES string of the molecule is NC(=O)CCSc1ccccc1NC(=O)NCc1ccc(N2CCC(CO)CC2)cc1. The fourth-order valence-corrected chi connectivity index (χ4v) is 4.48. The number of hydrogen-bond acceptors (Lipinski definition) is 5. The van der Waals surface area contributed by atoms with Gasteiger partial charge < -0.3 is 26.4 Å². The van der Waals surface area contributed by atoms with Gasteiger partial charge in [0.25, 0.3) is 0 Å². The summed E-state index contributed by atoms with van der Waals surface area (Å²) in [6.45, 7) is 2.62. The van der Waals surface area contributed by atoms with E-state index >= 15 is 0 Å². The van der Waals surface area contributed by atoms with Gasteiger partial charge in [-0.3, -0.25) is 4.79 Å². The Bertz CT molecular complexity index is 867. The number of aliphatic hydroxyl groups is 1. The number of nitrogens with two attached hydrogens (primary N) is 1. The first kappa shape index (κ1) is 23.0. The normalized spacial score (nSPS) is 14.3. The molecule has 8 heteroatoms. The number of rotatable bonds is 9. The predicted octanol–water partition coefficient (Wildman–Crippen LogP) is 3.18. The number of carbonyl (C=O) groups is 2. The Morgan fingerprint density at radius 3 is 2.48 bits per heavy atom. The van der Waals surface area contributed by atoms with Crippen molar-refractivity contribution < 1.29 is 14.7 Å². The second-order valence-corrected chi connectivity index (χ2v) is 8.78. The number of benzene rings is 2. The van der Waals surface area contributed by atoms with E-state index in [-0.39, 0.29) is 18.5 Å². The first-order valence-corrected chi connectivity index (χ1v) is 11.5. The molecule has 1 aliphatic rings. The number of primary amides is 1. The summed E-state index contributed by atoms with van der Waals surface area (Å²) < 4.78 is 0. The van der Waals surface area contributed by atoms with Crippen LogP contribution in [0.2, 0.25) is 0 Å². The molecule has 166 valence electrons. The van der Waals surface area contributed by atoms with Crippen molar-refractivity contribution in [3.05, 3.63) is 54.1 Å². The summed E-state index contributed by atoms with van der Waals surface area (Å²) in [4.78, 5) is 26.5. The van der Waals surface area contributed by atoms with Gasteiger partial charge in [-0.2, -0.15) is 0 Å². The van der Waals surface area contributed by atoms with Crippen molar-refractivity contribution in [3.63, 3.8) is 0 Å². The number of aliphatic hydroxyl groups excluding tert-OH is 1. The highest BCUT2D eigenvalue weighted by molar-refractivity contribution is 7.99. The van der Waals surface area contributed by atoms with Crippen molar-refractivity contribution in [1.29, 1.82) is 0 Å². The zero-order valence-corrected chi connectivity index (χ0v) is 18.4. The van der Waals surface area contributed by atoms with Crippen molar-refractivity contribution in [2.24, 2.45) is 11.7 Å². The number of hydrogen-bond donors (Lipinski definition) is 4. The average molecular weight is 443 g/mol. The molecular formula is C23H30N4O3S. The lowest BCUT2D eigenvalue weighted by molar-refractivity contribution is -0.117. The molecule has 2 aromatic carbocycles. The molecule has 1 saturated heterocycles. The number of thioether (sulfide) groups is 1. The van der Waals surface area contributed by atoms with E-state index in [9.17, 15) is 14.7 Å². The second-order valence-electron chi connectivity index (χ2n) is 7.65. The van der Waals surface area contributed by atoms with Crippen molar-refractivity contribution in [2.45, 2.75) is 30.7 Å². The molecule has 1 fully saturated rings. The zero-order chi connectivity index (χ0) is 22.1. The van der Waals surface area contributed by atoms with Crippen molar-refractivity contribution in [3.8, 4) is 0 Å². The highest BCUT2D eigenvalue weighted by Crippen LogP contribution is 2.27. The van der Waals surface area contributed by atoms with E-state index in [1.165, 1.54) is 17.4 Å². The summed E-state index contributed by atoms with van der Waals surface area (Å²) in [7, 11) is 0. The van der Waals surface area contributed by atoms with Gasteiger partial charge in [0.2, 0.25) is 5.91 Å². The summed E-state index contributed by atoms with van der Waals surface area (Å²) in [6.07, 6.45) is 2.32. The molecule has 5 N–H and O–H groups in total. The molecule has 3 amide bonds. The first-order chi connectivity index (χ1) is 15.0. The van der Waals surface area contributed by atoms with E-state index in [1.807, 2.05) is 36.4 Å². The van der Waals surface area contributed by atoms with Crippen molar-refractivity contribution >= 4 is 35.1 Å². The molecule has 0 aromatic heterocycles. The Kier molecular flexibility index (Phi) is 8.61. The van der Waals surface area contributed by atoms with E-state index in [2.05, 4.69) is 27.7 Å². The van der Waals surface area contributed by atoms with E-state index in [1.54, 1.807) is 0 Å². The van der Waals surface area contributed by atoms with Crippen LogP contribution in [0.1, 0.15) is 24.8 Å². The largest absolute Gasteiger partial charge is 0.396 e. The summed E-state index contributed by atoms with van der Waals surface area (Å²) in [5, 5.41) is 15.0. The highest BCUT2D eigenvalue weighted by atomic mass is 32.2. The lowest BCUT2D eigenvalue weighted by atomic mass is 9.97. The number of piperidine rings is 1. The van der Waals surface area contributed by atoms with Crippen LogP contribution in [-0.2, 0) is 11.3 Å². The second kappa shape index (κ2) is 11.6. The minimum Gasteiger partial charge on any atom is -0.396 e. The van der Waals surface area contributed by atoms with Crippen molar-refractivity contribution in [1.82, 2.24) is 5.32 Å². The molecule has 3 rings (SSSR count). The number of para-hydroxylation sites is 1. The summed E-state index contributed by atoms with van der Waals surface area (Å²) in [6, 6.07) is 15.4. The number of nitrogens with one attached hydrogen (secondary N) is 2. The van der Waals surface area contributed by atoms with Crippen molar-refractivity contribution in [2.75, 3.05) is 35.7 Å². The monoisotopic (exact) mass is 442 g/mol. The van der Waals surface area contributed by atoms with Gasteiger partial charge in [-0.05, 0) is 48.6 Å². The van der Waals surface area contributed by atoms with Crippen LogP contribution in [-0.4, -0.2) is 42.5 Å². The molecule has 0 atom stereocenters. The topological polar surface area (TPSA) is 108 Å². The maximum Gasteiger partial charge on any atom is 0.319 e. The van der Waals surface area contributed by atoms with Crippen LogP contribution in [0.25, 0.3) is 0 Å². The Morgan fingerprint density at radius 1 is 1.10 bits per heavy atom. The van der Waals surface area contributed by atoms with Gasteiger partial charge in [0, 0.05) is 49.0 Å².